The van der Waals surface area contributed by atoms with E-state index in [9.17, 15) is 0 Å². The van der Waals surface area contributed by atoms with E-state index in [1.54, 1.807) is 0 Å². The molecule has 3 heteroatoms. The second kappa shape index (κ2) is 4.70. The van der Waals surface area contributed by atoms with Crippen molar-refractivity contribution in [1.29, 1.82) is 0 Å². The fourth-order valence-corrected chi connectivity index (χ4v) is 0.598. The Kier molecular flexibility index (Phi) is 4.65. The lowest BCUT2D eigenvalue weighted by molar-refractivity contribution is 0.0671. The summed E-state index contributed by atoms with van der Waals surface area (Å²) in [5.74, 6) is 0. The Morgan fingerprint density at radius 2 is 1.82 bits per heavy atom. The van der Waals surface area contributed by atoms with Crippen LogP contribution >= 0.6 is 0 Å². The maximum Gasteiger partial charge on any atom is 0.0543 e. The first kappa shape index (κ1) is 10.9. The number of hydrogen-bond donors (Lipinski definition) is 2. The van der Waals surface area contributed by atoms with Crippen LogP contribution < -0.4 is 11.5 Å². The van der Waals surface area contributed by atoms with Crippen LogP contribution in [0.15, 0.2) is 0 Å². The molecule has 0 saturated carbocycles. The molecule has 0 aliphatic rings. The minimum atomic E-state index is -0.241. The highest BCUT2D eigenvalue weighted by molar-refractivity contribution is 4.59. The van der Waals surface area contributed by atoms with Gasteiger partial charge in [-0.2, -0.15) is 0 Å². The molecule has 0 saturated heterocycles. The smallest absolute Gasteiger partial charge is 0.0543 e. The molecular weight excluding hydrogens is 140 g/mol. The summed E-state index contributed by atoms with van der Waals surface area (Å²) in [6.07, 6.45) is 0.491. The Hall–Kier alpha value is -0.120. The second-order valence-electron chi connectivity index (χ2n) is 4.07. The molecule has 0 fully saturated rings. The molecule has 0 spiro atoms. The lowest BCUT2D eigenvalue weighted by Crippen LogP contribution is -2.32. The fraction of sp³-hybridized carbons (Fsp3) is 1.00. The first-order valence-corrected chi connectivity index (χ1v) is 4.01. The van der Waals surface area contributed by atoms with E-state index in [0.717, 1.165) is 13.0 Å². The van der Waals surface area contributed by atoms with Crippen LogP contribution in [0.3, 0.4) is 0 Å². The molecule has 4 N–H and O–H groups in total. The minimum Gasteiger partial charge on any atom is -0.381 e. The largest absolute Gasteiger partial charge is 0.381 e. The third-order valence-electron chi connectivity index (χ3n) is 1.13. The van der Waals surface area contributed by atoms with E-state index in [0.29, 0.717) is 6.61 Å². The van der Waals surface area contributed by atoms with Gasteiger partial charge in [-0.3, -0.25) is 0 Å². The third kappa shape index (κ3) is 9.88. The van der Waals surface area contributed by atoms with Crippen LogP contribution in [0.1, 0.15) is 27.2 Å². The highest BCUT2D eigenvalue weighted by atomic mass is 16.5. The molecule has 0 aromatic carbocycles. The van der Waals surface area contributed by atoms with Crippen molar-refractivity contribution in [2.45, 2.75) is 33.4 Å². The van der Waals surface area contributed by atoms with Crippen molar-refractivity contribution in [3.63, 3.8) is 0 Å². The lowest BCUT2D eigenvalue weighted by atomic mass is 9.99. The van der Waals surface area contributed by atoms with E-state index >= 15 is 0 Å². The van der Waals surface area contributed by atoms with Gasteiger partial charge < -0.3 is 16.2 Å². The molecule has 0 rings (SSSR count). The molecule has 0 aromatic rings. The molecule has 0 unspecified atom stereocenters. The van der Waals surface area contributed by atoms with Crippen molar-refractivity contribution in [2.75, 3.05) is 13.2 Å². The van der Waals surface area contributed by atoms with Gasteiger partial charge in [-0.25, -0.2) is 0 Å². The summed E-state index contributed by atoms with van der Waals surface area (Å²) in [4.78, 5) is 0. The van der Waals surface area contributed by atoms with E-state index < -0.39 is 0 Å². The summed E-state index contributed by atoms with van der Waals surface area (Å²) in [5.41, 5.74) is 10.9. The highest BCUT2D eigenvalue weighted by Crippen LogP contribution is 2.12. The van der Waals surface area contributed by atoms with Crippen molar-refractivity contribution in [3.05, 3.63) is 0 Å². The summed E-state index contributed by atoms with van der Waals surface area (Å²) in [7, 11) is 0. The average molecular weight is 160 g/mol. The molecule has 0 amide bonds. The maximum absolute atomic E-state index is 5.35. The Morgan fingerprint density at radius 3 is 2.18 bits per heavy atom. The average Bonchev–Trinajstić information content (AvgIpc) is 1.78. The van der Waals surface area contributed by atoms with Crippen molar-refractivity contribution < 1.29 is 4.74 Å². The van der Waals surface area contributed by atoms with Crippen molar-refractivity contribution >= 4 is 0 Å². The topological polar surface area (TPSA) is 61.3 Å². The van der Waals surface area contributed by atoms with Gasteiger partial charge in [0.1, 0.15) is 0 Å². The van der Waals surface area contributed by atoms with Crippen LogP contribution in [-0.4, -0.2) is 19.4 Å². The predicted molar refractivity (Wildman–Crippen MR) is 47.1 cm³/mol. The minimum absolute atomic E-state index is 0.235. The molecule has 3 nitrogen and oxygen atoms in total. The van der Waals surface area contributed by atoms with Gasteiger partial charge >= 0.3 is 0 Å². The monoisotopic (exact) mass is 160 g/mol. The Morgan fingerprint density at radius 1 is 1.27 bits per heavy atom. The van der Waals surface area contributed by atoms with E-state index in [1.165, 1.54) is 0 Å². The van der Waals surface area contributed by atoms with E-state index in [1.807, 2.05) is 0 Å². The Labute approximate surface area is 69.1 Å². The first-order chi connectivity index (χ1) is 4.92. The zero-order valence-corrected chi connectivity index (χ0v) is 7.76. The quantitative estimate of drug-likeness (QED) is 0.469. The summed E-state index contributed by atoms with van der Waals surface area (Å²) >= 11 is 0. The van der Waals surface area contributed by atoms with Crippen LogP contribution in [0.25, 0.3) is 0 Å². The zero-order valence-electron chi connectivity index (χ0n) is 7.76. The fourth-order valence-electron chi connectivity index (χ4n) is 0.598. The van der Waals surface area contributed by atoms with Gasteiger partial charge in [-0.1, -0.05) is 20.8 Å². The normalized spacial score (nSPS) is 12.5. The Bertz CT molecular complexity index is 96.8. The summed E-state index contributed by atoms with van der Waals surface area (Å²) in [6.45, 7) is 7.83. The zero-order chi connectivity index (χ0) is 8.91. The van der Waals surface area contributed by atoms with E-state index in [4.69, 9.17) is 16.2 Å². The molecule has 0 aromatic heterocycles. The van der Waals surface area contributed by atoms with Crippen LogP contribution in [0.5, 0.6) is 0 Å². The molecule has 0 radical (unpaired) electrons. The molecule has 11 heavy (non-hydrogen) atoms. The highest BCUT2D eigenvalue weighted by Gasteiger charge is 2.09. The summed E-state index contributed by atoms with van der Waals surface area (Å²) < 4.78 is 5.35. The molecule has 0 bridgehead atoms. The van der Waals surface area contributed by atoms with E-state index in [2.05, 4.69) is 20.8 Å². The molecule has 0 aliphatic carbocycles. The van der Waals surface area contributed by atoms with E-state index in [-0.39, 0.29) is 11.6 Å². The van der Waals surface area contributed by atoms with Crippen LogP contribution in [0, 0.1) is 5.41 Å². The van der Waals surface area contributed by atoms with Crippen molar-refractivity contribution in [3.8, 4) is 0 Å². The summed E-state index contributed by atoms with van der Waals surface area (Å²) in [5, 5.41) is 0. The van der Waals surface area contributed by atoms with Gasteiger partial charge in [-0.15, -0.1) is 0 Å². The van der Waals surface area contributed by atoms with Crippen molar-refractivity contribution in [2.24, 2.45) is 16.9 Å². The van der Waals surface area contributed by atoms with Gasteiger partial charge in [-0.05, 0) is 11.8 Å². The van der Waals surface area contributed by atoms with Crippen molar-refractivity contribution in [1.82, 2.24) is 0 Å². The predicted octanol–water partition coefficient (Wildman–Crippen LogP) is 0.683. The standard InChI is InChI=1S/C8H20N2O/c1-8(2,3)6-11-5-4-7(9)10/h7H,4-6,9-10H2,1-3H3. The van der Waals surface area contributed by atoms with Crippen LogP contribution in [0.2, 0.25) is 0 Å². The van der Waals surface area contributed by atoms with Gasteiger partial charge in [0.2, 0.25) is 0 Å². The SMILES string of the molecule is CC(C)(C)COCCC(N)N. The molecule has 0 heterocycles. The number of nitrogens with two attached hydrogens (primary N) is 2. The number of hydrogen-bond acceptors (Lipinski definition) is 3. The maximum atomic E-state index is 5.35. The van der Waals surface area contributed by atoms with Gasteiger partial charge in [0.15, 0.2) is 0 Å². The van der Waals surface area contributed by atoms with Gasteiger partial charge in [0.25, 0.3) is 0 Å². The molecule has 0 atom stereocenters. The summed E-state index contributed by atoms with van der Waals surface area (Å²) in [6, 6.07) is 0. The number of ether oxygens (including phenoxy) is 1. The van der Waals surface area contributed by atoms with Crippen LogP contribution in [-0.2, 0) is 4.74 Å². The van der Waals surface area contributed by atoms with Gasteiger partial charge in [0, 0.05) is 6.61 Å². The molecular formula is C8H20N2O. The first-order valence-electron chi connectivity index (χ1n) is 4.01. The molecule has 0 aliphatic heterocycles. The van der Waals surface area contributed by atoms with Crippen LogP contribution in [0.4, 0.5) is 0 Å². The molecule has 68 valence electrons. The third-order valence-corrected chi connectivity index (χ3v) is 1.13. The second-order valence-corrected chi connectivity index (χ2v) is 4.07. The van der Waals surface area contributed by atoms with Gasteiger partial charge in [0.05, 0.1) is 12.8 Å². The lowest BCUT2D eigenvalue weighted by Gasteiger charge is -2.18. The Balaban J connectivity index is 3.15. The number of rotatable bonds is 4.